The normalized spacial score (nSPS) is 13.1. The lowest BCUT2D eigenvalue weighted by molar-refractivity contribution is 0.0667. The van der Waals surface area contributed by atoms with Crippen molar-refractivity contribution in [2.75, 3.05) is 0 Å². The highest BCUT2D eigenvalue weighted by Crippen LogP contribution is 2.46. The molecule has 2 N–H and O–H groups in total. The maximum absolute atomic E-state index is 6.88. The zero-order valence-corrected chi connectivity index (χ0v) is 12.9. The second-order valence-electron chi connectivity index (χ2n) is 5.79. The zero-order chi connectivity index (χ0) is 13.4. The van der Waals surface area contributed by atoms with Crippen LogP contribution in [0.25, 0.3) is 0 Å². The fourth-order valence-corrected chi connectivity index (χ4v) is 3.83. The Morgan fingerprint density at radius 2 is 1.00 bits per heavy atom. The molecule has 0 amide bonds. The molecular weight excluding hydrogens is 206 g/mol. The van der Waals surface area contributed by atoms with E-state index in [1.54, 1.807) is 0 Å². The predicted octanol–water partition coefficient (Wildman–Crippen LogP) is 5.28. The molecule has 0 aliphatic heterocycles. The summed E-state index contributed by atoms with van der Waals surface area (Å²) in [6.45, 7) is 11.5. The molecule has 0 aliphatic carbocycles. The summed E-state index contributed by atoms with van der Waals surface area (Å²) in [4.78, 5) is 0. The van der Waals surface area contributed by atoms with Gasteiger partial charge < -0.3 is 5.73 Å². The number of hydrogen-bond acceptors (Lipinski definition) is 1. The molecule has 0 spiro atoms. The second kappa shape index (κ2) is 8.13. The van der Waals surface area contributed by atoms with Crippen LogP contribution in [0.4, 0.5) is 0 Å². The van der Waals surface area contributed by atoms with E-state index >= 15 is 0 Å². The van der Waals surface area contributed by atoms with E-state index < -0.39 is 0 Å². The SMILES string of the molecule is CCCC(N)(CCC)C(CC)(CCC)CCC. The first-order valence-electron chi connectivity index (χ1n) is 7.84. The highest BCUT2D eigenvalue weighted by molar-refractivity contribution is 5.01. The van der Waals surface area contributed by atoms with E-state index in [-0.39, 0.29) is 5.54 Å². The van der Waals surface area contributed by atoms with E-state index in [1.165, 1.54) is 57.8 Å². The Labute approximate surface area is 110 Å². The van der Waals surface area contributed by atoms with Gasteiger partial charge in [-0.05, 0) is 37.5 Å². The zero-order valence-electron chi connectivity index (χ0n) is 12.9. The quantitative estimate of drug-likeness (QED) is 0.553. The topological polar surface area (TPSA) is 26.0 Å². The molecule has 0 bridgehead atoms. The van der Waals surface area contributed by atoms with Gasteiger partial charge in [-0.2, -0.15) is 0 Å². The third kappa shape index (κ3) is 3.98. The molecule has 17 heavy (non-hydrogen) atoms. The molecule has 0 saturated carbocycles. The summed E-state index contributed by atoms with van der Waals surface area (Å²) in [5.74, 6) is 0. The minimum absolute atomic E-state index is 0.0667. The first-order valence-corrected chi connectivity index (χ1v) is 7.84. The molecule has 1 heteroatoms. The lowest BCUT2D eigenvalue weighted by atomic mass is 9.60. The lowest BCUT2D eigenvalue weighted by Crippen LogP contribution is -2.55. The van der Waals surface area contributed by atoms with Gasteiger partial charge in [0, 0.05) is 5.54 Å². The first kappa shape index (κ1) is 17.0. The number of rotatable bonds is 10. The summed E-state index contributed by atoms with van der Waals surface area (Å²) in [5.41, 5.74) is 7.33. The average molecular weight is 241 g/mol. The molecule has 0 saturated heterocycles. The Kier molecular flexibility index (Phi) is 8.11. The Balaban J connectivity index is 5.15. The van der Waals surface area contributed by atoms with Crippen molar-refractivity contribution in [2.45, 2.75) is 97.9 Å². The van der Waals surface area contributed by atoms with Gasteiger partial charge >= 0.3 is 0 Å². The molecule has 0 radical (unpaired) electrons. The van der Waals surface area contributed by atoms with Gasteiger partial charge in [0.25, 0.3) is 0 Å². The molecule has 1 nitrogen and oxygen atoms in total. The van der Waals surface area contributed by atoms with E-state index in [4.69, 9.17) is 5.73 Å². The molecule has 0 aromatic rings. The minimum atomic E-state index is 0.0667. The van der Waals surface area contributed by atoms with E-state index in [0.717, 1.165) is 0 Å². The third-order valence-corrected chi connectivity index (χ3v) is 4.58. The van der Waals surface area contributed by atoms with Gasteiger partial charge in [-0.3, -0.25) is 0 Å². The largest absolute Gasteiger partial charge is 0.325 e. The summed E-state index contributed by atoms with van der Waals surface area (Å²) in [6, 6.07) is 0. The third-order valence-electron chi connectivity index (χ3n) is 4.58. The number of nitrogens with two attached hydrogens (primary N) is 1. The van der Waals surface area contributed by atoms with Crippen LogP contribution in [0.15, 0.2) is 0 Å². The van der Waals surface area contributed by atoms with Gasteiger partial charge in [-0.15, -0.1) is 0 Å². The van der Waals surface area contributed by atoms with E-state index in [2.05, 4.69) is 34.6 Å². The maximum Gasteiger partial charge on any atom is 0.0211 e. The Morgan fingerprint density at radius 1 is 0.647 bits per heavy atom. The predicted molar refractivity (Wildman–Crippen MR) is 79.3 cm³/mol. The van der Waals surface area contributed by atoms with Crippen molar-refractivity contribution in [1.82, 2.24) is 0 Å². The van der Waals surface area contributed by atoms with Crippen LogP contribution in [-0.2, 0) is 0 Å². The van der Waals surface area contributed by atoms with Gasteiger partial charge in [-0.25, -0.2) is 0 Å². The lowest BCUT2D eigenvalue weighted by Gasteiger charge is -2.49. The van der Waals surface area contributed by atoms with Crippen LogP contribution in [0.2, 0.25) is 0 Å². The van der Waals surface area contributed by atoms with Gasteiger partial charge in [-0.1, -0.05) is 60.3 Å². The van der Waals surface area contributed by atoms with Gasteiger partial charge in [0.2, 0.25) is 0 Å². The van der Waals surface area contributed by atoms with Crippen molar-refractivity contribution >= 4 is 0 Å². The fourth-order valence-electron chi connectivity index (χ4n) is 3.83. The van der Waals surface area contributed by atoms with Crippen molar-refractivity contribution in [1.29, 1.82) is 0 Å². The van der Waals surface area contributed by atoms with Crippen molar-refractivity contribution in [3.05, 3.63) is 0 Å². The van der Waals surface area contributed by atoms with Crippen molar-refractivity contribution < 1.29 is 0 Å². The van der Waals surface area contributed by atoms with Crippen LogP contribution in [0, 0.1) is 5.41 Å². The summed E-state index contributed by atoms with van der Waals surface area (Å²) >= 11 is 0. The van der Waals surface area contributed by atoms with Gasteiger partial charge in [0.05, 0.1) is 0 Å². The molecule has 0 aromatic heterocycles. The van der Waals surface area contributed by atoms with Crippen LogP contribution in [0.5, 0.6) is 0 Å². The summed E-state index contributed by atoms with van der Waals surface area (Å²) < 4.78 is 0. The van der Waals surface area contributed by atoms with E-state index in [9.17, 15) is 0 Å². The molecule has 0 aromatic carbocycles. The van der Waals surface area contributed by atoms with E-state index in [0.29, 0.717) is 5.41 Å². The van der Waals surface area contributed by atoms with Crippen LogP contribution in [0.3, 0.4) is 0 Å². The molecule has 0 rings (SSSR count). The monoisotopic (exact) mass is 241 g/mol. The summed E-state index contributed by atoms with van der Waals surface area (Å²) in [6.07, 6.45) is 11.2. The van der Waals surface area contributed by atoms with Crippen LogP contribution in [-0.4, -0.2) is 5.54 Å². The second-order valence-corrected chi connectivity index (χ2v) is 5.79. The smallest absolute Gasteiger partial charge is 0.0211 e. The summed E-state index contributed by atoms with van der Waals surface area (Å²) in [5, 5.41) is 0. The molecule has 104 valence electrons. The molecule has 0 aliphatic rings. The highest BCUT2D eigenvalue weighted by Gasteiger charge is 2.44. The molecule has 0 unspecified atom stereocenters. The van der Waals surface area contributed by atoms with Gasteiger partial charge in [0.15, 0.2) is 0 Å². The van der Waals surface area contributed by atoms with Gasteiger partial charge in [0.1, 0.15) is 0 Å². The van der Waals surface area contributed by atoms with E-state index in [1.807, 2.05) is 0 Å². The molecule has 0 fully saturated rings. The van der Waals surface area contributed by atoms with Crippen LogP contribution < -0.4 is 5.73 Å². The summed E-state index contributed by atoms with van der Waals surface area (Å²) in [7, 11) is 0. The van der Waals surface area contributed by atoms with Crippen molar-refractivity contribution in [2.24, 2.45) is 11.1 Å². The van der Waals surface area contributed by atoms with Crippen molar-refractivity contribution in [3.8, 4) is 0 Å². The van der Waals surface area contributed by atoms with Crippen LogP contribution >= 0.6 is 0 Å². The Hall–Kier alpha value is -0.0400. The molecule has 0 heterocycles. The first-order chi connectivity index (χ1) is 8.05. The highest BCUT2D eigenvalue weighted by atomic mass is 14.8. The minimum Gasteiger partial charge on any atom is -0.325 e. The standard InChI is InChI=1S/C16H35N/c1-6-11-15(10-5,12-7-2)16(17,13-8-3)14-9-4/h6-14,17H2,1-5H3. The van der Waals surface area contributed by atoms with Crippen molar-refractivity contribution in [3.63, 3.8) is 0 Å². The molecule has 0 atom stereocenters. The Bertz CT molecular complexity index is 174. The maximum atomic E-state index is 6.88. The van der Waals surface area contributed by atoms with Crippen LogP contribution in [0.1, 0.15) is 92.4 Å². The number of hydrogen-bond donors (Lipinski definition) is 1. The molecular formula is C16H35N. The Morgan fingerprint density at radius 3 is 1.24 bits per heavy atom. The fraction of sp³-hybridized carbons (Fsp3) is 1.00. The average Bonchev–Trinajstić information content (AvgIpc) is 2.29.